The fourth-order valence-corrected chi connectivity index (χ4v) is 3.25. The molecule has 0 radical (unpaired) electrons. The van der Waals surface area contributed by atoms with Crippen molar-refractivity contribution in [2.75, 3.05) is 13.1 Å². The molecule has 140 valence electrons. The van der Waals surface area contributed by atoms with Gasteiger partial charge in [0.25, 0.3) is 0 Å². The highest BCUT2D eigenvalue weighted by Gasteiger charge is 2.34. The van der Waals surface area contributed by atoms with E-state index in [2.05, 4.69) is 20.6 Å². The van der Waals surface area contributed by atoms with Crippen LogP contribution in [0.2, 0.25) is 0 Å². The summed E-state index contributed by atoms with van der Waals surface area (Å²) in [5, 5.41) is 11.4. The highest BCUT2D eigenvalue weighted by molar-refractivity contribution is 5.75. The zero-order valence-corrected chi connectivity index (χ0v) is 15.6. The van der Waals surface area contributed by atoms with Gasteiger partial charge in [-0.25, -0.2) is 4.79 Å². The summed E-state index contributed by atoms with van der Waals surface area (Å²) in [4.78, 5) is 18.6. The van der Waals surface area contributed by atoms with Crippen molar-refractivity contribution in [2.45, 2.75) is 32.9 Å². The van der Waals surface area contributed by atoms with Crippen LogP contribution >= 0.6 is 0 Å². The van der Waals surface area contributed by atoms with Crippen LogP contribution in [0.5, 0.6) is 0 Å². The Morgan fingerprint density at radius 2 is 2.00 bits per heavy atom. The first-order valence-electron chi connectivity index (χ1n) is 8.98. The molecule has 1 aliphatic rings. The van der Waals surface area contributed by atoms with Gasteiger partial charge >= 0.3 is 6.03 Å². The minimum Gasteiger partial charge on any atom is -0.337 e. The van der Waals surface area contributed by atoms with Crippen LogP contribution in [0.1, 0.15) is 36.3 Å². The number of benzene rings is 1. The van der Waals surface area contributed by atoms with Gasteiger partial charge in [-0.2, -0.15) is 10.1 Å². The van der Waals surface area contributed by atoms with Gasteiger partial charge in [0.2, 0.25) is 11.7 Å². The lowest BCUT2D eigenvalue weighted by Crippen LogP contribution is -2.54. The summed E-state index contributed by atoms with van der Waals surface area (Å²) in [6.07, 6.45) is 0. The Bertz CT molecular complexity index is 942. The third-order valence-electron chi connectivity index (χ3n) is 4.72. The summed E-state index contributed by atoms with van der Waals surface area (Å²) in [6, 6.07) is 11.4. The van der Waals surface area contributed by atoms with Crippen molar-refractivity contribution in [3.63, 3.8) is 0 Å². The van der Waals surface area contributed by atoms with Gasteiger partial charge in [0, 0.05) is 24.3 Å². The minimum absolute atomic E-state index is 0.139. The van der Waals surface area contributed by atoms with Crippen LogP contribution in [0.25, 0.3) is 11.4 Å². The lowest BCUT2D eigenvalue weighted by molar-refractivity contribution is 0.114. The van der Waals surface area contributed by atoms with E-state index in [1.807, 2.05) is 61.9 Å². The highest BCUT2D eigenvalue weighted by Crippen LogP contribution is 2.24. The van der Waals surface area contributed by atoms with Gasteiger partial charge in [-0.15, -0.1) is 0 Å². The fraction of sp³-hybridized carbons (Fsp3) is 0.368. The molecule has 3 aromatic rings. The number of nitrogens with zero attached hydrogens (tertiary/aromatic N) is 5. The van der Waals surface area contributed by atoms with E-state index in [4.69, 9.17) is 4.52 Å². The summed E-state index contributed by atoms with van der Waals surface area (Å²) >= 11 is 0. The minimum atomic E-state index is -0.366. The second-order valence-corrected chi connectivity index (χ2v) is 6.92. The van der Waals surface area contributed by atoms with Crippen molar-refractivity contribution >= 4 is 6.03 Å². The Kier molecular flexibility index (Phi) is 4.39. The Labute approximate surface area is 157 Å². The van der Waals surface area contributed by atoms with Crippen LogP contribution in [0, 0.1) is 13.8 Å². The normalized spacial score (nSPS) is 15.4. The van der Waals surface area contributed by atoms with E-state index in [0.717, 1.165) is 17.0 Å². The van der Waals surface area contributed by atoms with Crippen LogP contribution < -0.4 is 5.32 Å². The summed E-state index contributed by atoms with van der Waals surface area (Å²) in [6.45, 7) is 7.12. The number of hydrogen-bond acceptors (Lipinski definition) is 5. The van der Waals surface area contributed by atoms with Gasteiger partial charge in [-0.3, -0.25) is 4.68 Å². The molecule has 8 heteroatoms. The predicted octanol–water partition coefficient (Wildman–Crippen LogP) is 2.88. The summed E-state index contributed by atoms with van der Waals surface area (Å²) in [5.74, 6) is 0.901. The SMILES string of the molecule is Cc1cc(C)n(C2CN(C(=O)N[C@H](C)c3nc(-c4ccccc4)no3)C2)n1. The molecule has 2 aromatic heterocycles. The Hall–Kier alpha value is -3.16. The first kappa shape index (κ1) is 17.3. The second kappa shape index (κ2) is 6.86. The first-order chi connectivity index (χ1) is 13.0. The molecular weight excluding hydrogens is 344 g/mol. The van der Waals surface area contributed by atoms with Crippen molar-refractivity contribution in [1.82, 2.24) is 30.1 Å². The number of aromatic nitrogens is 4. The molecule has 0 bridgehead atoms. The standard InChI is InChI=1S/C19H22N6O2/c1-12-9-13(2)25(22-12)16-10-24(11-16)19(26)20-14(3)18-21-17(23-27-18)15-7-5-4-6-8-15/h4-9,14,16H,10-11H2,1-3H3,(H,20,26)/t14-/m1/s1. The largest absolute Gasteiger partial charge is 0.337 e. The molecule has 1 saturated heterocycles. The molecule has 1 aliphatic heterocycles. The molecule has 0 saturated carbocycles. The number of amides is 2. The lowest BCUT2D eigenvalue weighted by Gasteiger charge is -2.39. The van der Waals surface area contributed by atoms with Crippen molar-refractivity contribution in [3.8, 4) is 11.4 Å². The molecule has 0 aliphatic carbocycles. The number of aryl methyl sites for hydroxylation is 2. The number of carbonyl (C=O) groups is 1. The number of hydrogen-bond donors (Lipinski definition) is 1. The Balaban J connectivity index is 1.34. The maximum absolute atomic E-state index is 12.4. The quantitative estimate of drug-likeness (QED) is 0.767. The third-order valence-corrected chi connectivity index (χ3v) is 4.72. The zero-order chi connectivity index (χ0) is 19.0. The first-order valence-corrected chi connectivity index (χ1v) is 8.98. The monoisotopic (exact) mass is 366 g/mol. The van der Waals surface area contributed by atoms with Gasteiger partial charge in [0.05, 0.1) is 11.7 Å². The topological polar surface area (TPSA) is 89.1 Å². The molecule has 1 N–H and O–H groups in total. The van der Waals surface area contributed by atoms with E-state index in [0.29, 0.717) is 24.8 Å². The predicted molar refractivity (Wildman–Crippen MR) is 99.0 cm³/mol. The second-order valence-electron chi connectivity index (χ2n) is 6.92. The number of nitrogens with one attached hydrogen (secondary N) is 1. The Morgan fingerprint density at radius 1 is 1.26 bits per heavy atom. The van der Waals surface area contributed by atoms with Gasteiger partial charge < -0.3 is 14.7 Å². The molecular formula is C19H22N6O2. The van der Waals surface area contributed by atoms with Gasteiger partial charge in [-0.05, 0) is 26.8 Å². The van der Waals surface area contributed by atoms with E-state index in [1.165, 1.54) is 0 Å². The molecule has 27 heavy (non-hydrogen) atoms. The van der Waals surface area contributed by atoms with Crippen molar-refractivity contribution in [3.05, 3.63) is 53.7 Å². The molecule has 4 rings (SSSR count). The van der Waals surface area contributed by atoms with Crippen molar-refractivity contribution < 1.29 is 9.32 Å². The zero-order valence-electron chi connectivity index (χ0n) is 15.6. The van der Waals surface area contributed by atoms with Crippen molar-refractivity contribution in [2.24, 2.45) is 0 Å². The average molecular weight is 366 g/mol. The molecule has 0 unspecified atom stereocenters. The van der Waals surface area contributed by atoms with Gasteiger partial charge in [0.1, 0.15) is 6.04 Å². The summed E-state index contributed by atoms with van der Waals surface area (Å²) in [7, 11) is 0. The molecule has 1 atom stereocenters. The van der Waals surface area contributed by atoms with E-state index in [1.54, 1.807) is 4.90 Å². The maximum atomic E-state index is 12.4. The average Bonchev–Trinajstić information content (AvgIpc) is 3.21. The number of urea groups is 1. The maximum Gasteiger partial charge on any atom is 0.318 e. The lowest BCUT2D eigenvalue weighted by atomic mass is 10.1. The van der Waals surface area contributed by atoms with Crippen LogP contribution in [-0.4, -0.2) is 43.9 Å². The Morgan fingerprint density at radius 3 is 2.67 bits per heavy atom. The van der Waals surface area contributed by atoms with E-state index in [-0.39, 0.29) is 18.1 Å². The molecule has 1 fully saturated rings. The van der Waals surface area contributed by atoms with E-state index in [9.17, 15) is 4.79 Å². The molecule has 3 heterocycles. The molecule has 1 aromatic carbocycles. The third kappa shape index (κ3) is 3.42. The fourth-order valence-electron chi connectivity index (χ4n) is 3.25. The molecule has 8 nitrogen and oxygen atoms in total. The van der Waals surface area contributed by atoms with Gasteiger partial charge in [-0.1, -0.05) is 35.5 Å². The van der Waals surface area contributed by atoms with Gasteiger partial charge in [0.15, 0.2) is 0 Å². The molecule has 0 spiro atoms. The van der Waals surface area contributed by atoms with E-state index < -0.39 is 0 Å². The smallest absolute Gasteiger partial charge is 0.318 e. The number of carbonyl (C=O) groups excluding carboxylic acids is 1. The number of likely N-dealkylation sites (tertiary alicyclic amines) is 1. The van der Waals surface area contributed by atoms with Crippen LogP contribution in [0.4, 0.5) is 4.79 Å². The highest BCUT2D eigenvalue weighted by atomic mass is 16.5. The van der Waals surface area contributed by atoms with Crippen LogP contribution in [-0.2, 0) is 0 Å². The molecule has 2 amide bonds. The van der Waals surface area contributed by atoms with E-state index >= 15 is 0 Å². The van der Waals surface area contributed by atoms with Crippen LogP contribution in [0.15, 0.2) is 40.9 Å². The summed E-state index contributed by atoms with van der Waals surface area (Å²) < 4.78 is 7.31. The number of rotatable bonds is 4. The van der Waals surface area contributed by atoms with Crippen molar-refractivity contribution in [1.29, 1.82) is 0 Å². The summed E-state index contributed by atoms with van der Waals surface area (Å²) in [5.41, 5.74) is 2.99. The van der Waals surface area contributed by atoms with Crippen LogP contribution in [0.3, 0.4) is 0 Å².